The molecule has 0 radical (unpaired) electrons. The number of nitrogens with two attached hydrogens (primary N) is 1. The number of hydrogen-bond acceptors (Lipinski definition) is 6. The van der Waals surface area contributed by atoms with Crippen LogP contribution in [0, 0.1) is 5.41 Å². The SMILES string of the molecule is CC(C)(C)C(=O)c1c[nH]c2ncc(-c3cccc(CN4CCC[C@H]4OC(N)=O)c3)nc12. The van der Waals surface area contributed by atoms with Gasteiger partial charge in [-0.2, -0.15) is 0 Å². The van der Waals surface area contributed by atoms with Crippen molar-refractivity contribution in [3.05, 3.63) is 47.8 Å². The molecule has 2 aromatic heterocycles. The predicted molar refractivity (Wildman–Crippen MR) is 117 cm³/mol. The number of hydrogen-bond donors (Lipinski definition) is 2. The number of nitrogens with zero attached hydrogens (tertiary/aromatic N) is 3. The quantitative estimate of drug-likeness (QED) is 0.605. The number of aromatic nitrogens is 3. The van der Waals surface area contributed by atoms with Crippen LogP contribution in [0.5, 0.6) is 0 Å². The number of ketones is 1. The summed E-state index contributed by atoms with van der Waals surface area (Å²) in [7, 11) is 0. The average Bonchev–Trinajstić information content (AvgIpc) is 3.33. The lowest BCUT2D eigenvalue weighted by molar-refractivity contribution is 0.0138. The Balaban J connectivity index is 1.62. The fourth-order valence-electron chi connectivity index (χ4n) is 3.92. The summed E-state index contributed by atoms with van der Waals surface area (Å²) in [5.41, 5.74) is 9.09. The third-order valence-corrected chi connectivity index (χ3v) is 5.47. The van der Waals surface area contributed by atoms with Crippen LogP contribution >= 0.6 is 0 Å². The summed E-state index contributed by atoms with van der Waals surface area (Å²) in [6.07, 6.45) is 4.09. The number of rotatable bonds is 5. The number of fused-ring (bicyclic) bond motifs is 1. The number of amides is 1. The normalized spacial score (nSPS) is 17.2. The van der Waals surface area contributed by atoms with Crippen LogP contribution < -0.4 is 5.73 Å². The summed E-state index contributed by atoms with van der Waals surface area (Å²) in [4.78, 5) is 38.3. The summed E-state index contributed by atoms with van der Waals surface area (Å²) in [5.74, 6) is 0.0217. The van der Waals surface area contributed by atoms with E-state index in [0.717, 1.165) is 30.5 Å². The molecule has 4 rings (SSSR count). The Kier molecular flexibility index (Phi) is 5.49. The van der Waals surface area contributed by atoms with Gasteiger partial charge in [-0.15, -0.1) is 0 Å². The van der Waals surface area contributed by atoms with Gasteiger partial charge in [-0.05, 0) is 24.5 Å². The van der Waals surface area contributed by atoms with Gasteiger partial charge in [0.05, 0.1) is 17.5 Å². The highest BCUT2D eigenvalue weighted by atomic mass is 16.6. The number of benzene rings is 1. The zero-order valence-electron chi connectivity index (χ0n) is 18.0. The van der Waals surface area contributed by atoms with Gasteiger partial charge < -0.3 is 15.5 Å². The Labute approximate surface area is 180 Å². The van der Waals surface area contributed by atoms with Crippen molar-refractivity contribution < 1.29 is 14.3 Å². The minimum Gasteiger partial charge on any atom is -0.430 e. The Hall–Kier alpha value is -3.26. The van der Waals surface area contributed by atoms with Crippen LogP contribution in [0.2, 0.25) is 0 Å². The molecule has 8 nitrogen and oxygen atoms in total. The van der Waals surface area contributed by atoms with Crippen LogP contribution in [-0.2, 0) is 11.3 Å². The topological polar surface area (TPSA) is 114 Å². The largest absolute Gasteiger partial charge is 0.430 e. The smallest absolute Gasteiger partial charge is 0.406 e. The maximum atomic E-state index is 12.8. The van der Waals surface area contributed by atoms with Gasteiger partial charge in [-0.1, -0.05) is 39.0 Å². The van der Waals surface area contributed by atoms with Crippen LogP contribution in [0.25, 0.3) is 22.4 Å². The highest BCUT2D eigenvalue weighted by molar-refractivity contribution is 6.08. The number of Topliss-reactive ketones (excluding diaryl/α,β-unsaturated/α-hetero) is 1. The van der Waals surface area contributed by atoms with E-state index in [1.54, 1.807) is 12.4 Å². The van der Waals surface area contributed by atoms with Crippen molar-refractivity contribution in [1.82, 2.24) is 19.9 Å². The lowest BCUT2D eigenvalue weighted by atomic mass is 9.87. The van der Waals surface area contributed by atoms with E-state index in [0.29, 0.717) is 29.0 Å². The molecule has 31 heavy (non-hydrogen) atoms. The van der Waals surface area contributed by atoms with Gasteiger partial charge in [0.1, 0.15) is 5.52 Å². The molecule has 0 spiro atoms. The molecule has 1 aliphatic heterocycles. The Bertz CT molecular complexity index is 1130. The second-order valence-electron chi connectivity index (χ2n) is 8.94. The lowest BCUT2D eigenvalue weighted by Gasteiger charge is -2.23. The molecule has 1 amide bonds. The summed E-state index contributed by atoms with van der Waals surface area (Å²) in [6, 6.07) is 8.01. The number of H-pyrrole nitrogens is 1. The molecular formula is C23H27N5O3. The molecule has 8 heteroatoms. The highest BCUT2D eigenvalue weighted by Gasteiger charge is 2.28. The molecule has 0 unspecified atom stereocenters. The number of ether oxygens (including phenoxy) is 1. The number of carbonyl (C=O) groups is 2. The van der Waals surface area contributed by atoms with Crippen molar-refractivity contribution in [2.75, 3.05) is 6.54 Å². The summed E-state index contributed by atoms with van der Waals surface area (Å²) >= 11 is 0. The van der Waals surface area contributed by atoms with Crippen molar-refractivity contribution in [3.63, 3.8) is 0 Å². The van der Waals surface area contributed by atoms with E-state index >= 15 is 0 Å². The average molecular weight is 422 g/mol. The van der Waals surface area contributed by atoms with Gasteiger partial charge in [0.2, 0.25) is 0 Å². The zero-order valence-corrected chi connectivity index (χ0v) is 18.0. The van der Waals surface area contributed by atoms with Crippen LogP contribution in [-0.4, -0.2) is 44.5 Å². The Morgan fingerprint density at radius 3 is 2.87 bits per heavy atom. The van der Waals surface area contributed by atoms with Crippen LogP contribution in [0.4, 0.5) is 4.79 Å². The standard InChI is InChI=1S/C23H27N5O3/c1-23(2,3)20(29)16-11-25-21-19(16)27-17(12-26-21)15-7-4-6-14(10-15)13-28-9-5-8-18(28)31-22(24)30/h4,6-7,10-12,18H,5,8-9,13H2,1-3H3,(H2,24,30)(H,25,26)/t18-/m1/s1. The maximum Gasteiger partial charge on any atom is 0.406 e. The minimum absolute atomic E-state index is 0.0217. The van der Waals surface area contributed by atoms with Crippen LogP contribution in [0.1, 0.15) is 49.5 Å². The molecule has 0 aliphatic carbocycles. The molecular weight excluding hydrogens is 394 g/mol. The number of likely N-dealkylation sites (tertiary alicyclic amines) is 1. The molecule has 3 heterocycles. The van der Waals surface area contributed by atoms with Gasteiger partial charge in [-0.25, -0.2) is 14.8 Å². The van der Waals surface area contributed by atoms with E-state index in [4.69, 9.17) is 15.5 Å². The third-order valence-electron chi connectivity index (χ3n) is 5.47. The number of aromatic amines is 1. The highest BCUT2D eigenvalue weighted by Crippen LogP contribution is 2.28. The molecule has 1 atom stereocenters. The summed E-state index contributed by atoms with van der Waals surface area (Å²) < 4.78 is 5.22. The third kappa shape index (κ3) is 4.44. The molecule has 0 saturated carbocycles. The first-order chi connectivity index (χ1) is 14.7. The molecule has 1 fully saturated rings. The first kappa shape index (κ1) is 21.0. The second kappa shape index (κ2) is 8.11. The van der Waals surface area contributed by atoms with Crippen molar-refractivity contribution >= 4 is 23.0 Å². The van der Waals surface area contributed by atoms with E-state index in [2.05, 4.69) is 14.9 Å². The fourth-order valence-corrected chi connectivity index (χ4v) is 3.92. The Morgan fingerprint density at radius 1 is 1.32 bits per heavy atom. The van der Waals surface area contributed by atoms with Crippen LogP contribution in [0.15, 0.2) is 36.7 Å². The van der Waals surface area contributed by atoms with Crippen molar-refractivity contribution in [3.8, 4) is 11.3 Å². The molecule has 0 bridgehead atoms. The van der Waals surface area contributed by atoms with E-state index in [1.807, 2.05) is 45.0 Å². The number of primary amides is 1. The van der Waals surface area contributed by atoms with Crippen molar-refractivity contribution in [1.29, 1.82) is 0 Å². The van der Waals surface area contributed by atoms with Crippen LogP contribution in [0.3, 0.4) is 0 Å². The predicted octanol–water partition coefficient (Wildman–Crippen LogP) is 3.87. The van der Waals surface area contributed by atoms with Gasteiger partial charge in [0.15, 0.2) is 17.7 Å². The van der Waals surface area contributed by atoms with E-state index < -0.39 is 11.5 Å². The number of nitrogens with one attached hydrogen (secondary N) is 1. The molecule has 3 aromatic rings. The first-order valence-corrected chi connectivity index (χ1v) is 10.4. The van der Waals surface area contributed by atoms with E-state index in [-0.39, 0.29) is 12.0 Å². The van der Waals surface area contributed by atoms with E-state index in [9.17, 15) is 9.59 Å². The summed E-state index contributed by atoms with van der Waals surface area (Å²) in [6.45, 7) is 7.16. The van der Waals surface area contributed by atoms with Gasteiger partial charge in [0.25, 0.3) is 0 Å². The Morgan fingerprint density at radius 2 is 2.13 bits per heavy atom. The van der Waals surface area contributed by atoms with Gasteiger partial charge in [0, 0.05) is 30.3 Å². The summed E-state index contributed by atoms with van der Waals surface area (Å²) in [5, 5.41) is 0. The van der Waals surface area contributed by atoms with Crippen molar-refractivity contribution in [2.24, 2.45) is 11.1 Å². The molecule has 1 aliphatic rings. The molecule has 1 aromatic carbocycles. The monoisotopic (exact) mass is 421 g/mol. The fraction of sp³-hybridized carbons (Fsp3) is 0.391. The first-order valence-electron chi connectivity index (χ1n) is 10.4. The van der Waals surface area contributed by atoms with Gasteiger partial charge in [-0.3, -0.25) is 9.69 Å². The van der Waals surface area contributed by atoms with Crippen molar-refractivity contribution in [2.45, 2.75) is 46.4 Å². The molecule has 3 N–H and O–H groups in total. The van der Waals surface area contributed by atoms with E-state index in [1.165, 1.54) is 0 Å². The lowest BCUT2D eigenvalue weighted by Crippen LogP contribution is -2.34. The second-order valence-corrected chi connectivity index (χ2v) is 8.94. The zero-order chi connectivity index (χ0) is 22.2. The molecule has 1 saturated heterocycles. The van der Waals surface area contributed by atoms with Gasteiger partial charge >= 0.3 is 6.09 Å². The number of carbonyl (C=O) groups excluding carboxylic acids is 2. The maximum absolute atomic E-state index is 12.8. The molecule has 162 valence electrons. The minimum atomic E-state index is -0.749.